The van der Waals surface area contributed by atoms with Crippen molar-refractivity contribution in [3.05, 3.63) is 39.6 Å². The smallest absolute Gasteiger partial charge is 0.214 e. The van der Waals surface area contributed by atoms with Crippen molar-refractivity contribution in [3.8, 4) is 0 Å². The molecule has 5 heterocycles. The Morgan fingerprint density at radius 1 is 1.29 bits per heavy atom. The number of H-pyrrole nitrogens is 1. The molecule has 34 heavy (non-hydrogen) atoms. The van der Waals surface area contributed by atoms with Crippen LogP contribution in [0.5, 0.6) is 0 Å². The quantitative estimate of drug-likeness (QED) is 0.276. The summed E-state index contributed by atoms with van der Waals surface area (Å²) >= 11 is 1.02. The van der Waals surface area contributed by atoms with Crippen LogP contribution in [0.2, 0.25) is 0 Å². The Morgan fingerprint density at radius 2 is 2.09 bits per heavy atom. The SMILES string of the molecule is CC(C)(C)[S@@+]([O-])N[C@@H]1c2cccnc2CC12CCN(c1nc3[nH]nc(I)c3c3nncn13)CC2. The normalized spacial score (nSPS) is 21.0. The maximum atomic E-state index is 13.1. The Kier molecular flexibility index (Phi) is 5.28. The van der Waals surface area contributed by atoms with E-state index < -0.39 is 11.4 Å². The number of hydrogen-bond donors (Lipinski definition) is 2. The lowest BCUT2D eigenvalue weighted by atomic mass is 9.73. The van der Waals surface area contributed by atoms with Gasteiger partial charge >= 0.3 is 0 Å². The predicted octanol–water partition coefficient (Wildman–Crippen LogP) is 2.94. The Hall–Kier alpha value is -2.03. The summed E-state index contributed by atoms with van der Waals surface area (Å²) in [6.45, 7) is 7.67. The molecule has 4 aromatic heterocycles. The van der Waals surface area contributed by atoms with Crippen LogP contribution in [0.4, 0.5) is 5.95 Å². The summed E-state index contributed by atoms with van der Waals surface area (Å²) in [5.74, 6) is 0.818. The van der Waals surface area contributed by atoms with Crippen LogP contribution in [0.25, 0.3) is 16.7 Å². The molecule has 1 fully saturated rings. The molecule has 4 aromatic rings. The molecule has 2 atom stereocenters. The molecule has 6 rings (SSSR count). The van der Waals surface area contributed by atoms with Gasteiger partial charge in [-0.2, -0.15) is 10.1 Å². The number of halogens is 1. The number of fused-ring (bicyclic) bond motifs is 4. The van der Waals surface area contributed by atoms with Gasteiger partial charge in [0.05, 0.1) is 11.4 Å². The van der Waals surface area contributed by atoms with Crippen LogP contribution in [-0.2, 0) is 17.8 Å². The highest BCUT2D eigenvalue weighted by atomic mass is 127. The number of aromatic nitrogens is 7. The van der Waals surface area contributed by atoms with Crippen molar-refractivity contribution < 1.29 is 4.55 Å². The lowest BCUT2D eigenvalue weighted by molar-refractivity contribution is 0.175. The third-order valence-electron chi connectivity index (χ3n) is 7.09. The summed E-state index contributed by atoms with van der Waals surface area (Å²) in [6.07, 6.45) is 6.34. The first-order valence-corrected chi connectivity index (χ1v) is 13.6. The summed E-state index contributed by atoms with van der Waals surface area (Å²) in [5.41, 5.74) is 3.75. The lowest BCUT2D eigenvalue weighted by Gasteiger charge is -2.44. The van der Waals surface area contributed by atoms with Crippen LogP contribution in [0.15, 0.2) is 24.7 Å². The van der Waals surface area contributed by atoms with Gasteiger partial charge in [0.15, 0.2) is 11.3 Å². The van der Waals surface area contributed by atoms with E-state index in [9.17, 15) is 4.55 Å². The summed E-state index contributed by atoms with van der Waals surface area (Å²) in [7, 11) is 0. The molecule has 0 radical (unpaired) electrons. The van der Waals surface area contributed by atoms with Gasteiger partial charge in [-0.05, 0) is 74.3 Å². The zero-order valence-electron chi connectivity index (χ0n) is 19.2. The number of rotatable bonds is 3. The number of nitrogens with one attached hydrogen (secondary N) is 2. The first kappa shape index (κ1) is 22.4. The zero-order valence-corrected chi connectivity index (χ0v) is 22.2. The molecule has 12 heteroatoms. The van der Waals surface area contributed by atoms with E-state index in [-0.39, 0.29) is 16.2 Å². The van der Waals surface area contributed by atoms with E-state index in [1.54, 1.807) is 6.33 Å². The van der Waals surface area contributed by atoms with Gasteiger partial charge in [-0.15, -0.1) is 14.9 Å². The largest absolute Gasteiger partial charge is 0.598 e. The van der Waals surface area contributed by atoms with Crippen LogP contribution in [0.1, 0.15) is 50.9 Å². The van der Waals surface area contributed by atoms with Gasteiger partial charge in [0.25, 0.3) is 0 Å². The van der Waals surface area contributed by atoms with Crippen LogP contribution in [0, 0.1) is 9.12 Å². The number of pyridine rings is 1. The average Bonchev–Trinajstić information content (AvgIpc) is 3.50. The lowest BCUT2D eigenvalue weighted by Crippen LogP contribution is -2.50. The van der Waals surface area contributed by atoms with Gasteiger partial charge in [0.1, 0.15) is 14.8 Å². The van der Waals surface area contributed by atoms with Crippen molar-refractivity contribution in [2.75, 3.05) is 18.0 Å². The highest BCUT2D eigenvalue weighted by Crippen LogP contribution is 2.52. The van der Waals surface area contributed by atoms with Gasteiger partial charge in [0.2, 0.25) is 5.95 Å². The highest BCUT2D eigenvalue weighted by Gasteiger charge is 2.51. The van der Waals surface area contributed by atoms with Crippen molar-refractivity contribution in [1.29, 1.82) is 0 Å². The molecule has 1 saturated heterocycles. The number of aromatic amines is 1. The fourth-order valence-electron chi connectivity index (χ4n) is 5.24. The fraction of sp³-hybridized carbons (Fsp3) is 0.500. The fourth-order valence-corrected chi connectivity index (χ4v) is 6.80. The molecule has 1 aliphatic carbocycles. The summed E-state index contributed by atoms with van der Waals surface area (Å²) in [5, 5.41) is 16.7. The number of anilines is 1. The molecule has 0 amide bonds. The minimum absolute atomic E-state index is 0.0120. The number of piperidine rings is 1. The third kappa shape index (κ3) is 3.48. The van der Waals surface area contributed by atoms with Gasteiger partial charge in [-0.1, -0.05) is 6.07 Å². The van der Waals surface area contributed by atoms with E-state index >= 15 is 0 Å². The van der Waals surface area contributed by atoms with E-state index in [1.807, 2.05) is 37.4 Å². The van der Waals surface area contributed by atoms with Crippen LogP contribution >= 0.6 is 22.6 Å². The molecule has 0 aromatic carbocycles. The second-order valence-electron chi connectivity index (χ2n) is 10.2. The predicted molar refractivity (Wildman–Crippen MR) is 139 cm³/mol. The molecule has 2 aliphatic rings. The van der Waals surface area contributed by atoms with E-state index in [0.717, 1.165) is 64.4 Å². The van der Waals surface area contributed by atoms with Crippen LogP contribution in [-0.4, -0.2) is 57.2 Å². The maximum Gasteiger partial charge on any atom is 0.214 e. The highest BCUT2D eigenvalue weighted by molar-refractivity contribution is 14.1. The maximum absolute atomic E-state index is 13.1. The Balaban J connectivity index is 1.32. The Bertz CT molecular complexity index is 1370. The molecular weight excluding hydrogens is 565 g/mol. The van der Waals surface area contributed by atoms with Crippen molar-refractivity contribution in [2.45, 2.75) is 50.8 Å². The van der Waals surface area contributed by atoms with Crippen molar-refractivity contribution in [2.24, 2.45) is 5.41 Å². The second kappa shape index (κ2) is 8.00. The second-order valence-corrected chi connectivity index (χ2v) is 13.2. The molecule has 10 nitrogen and oxygen atoms in total. The molecule has 178 valence electrons. The van der Waals surface area contributed by atoms with Crippen LogP contribution in [0.3, 0.4) is 0 Å². The first-order chi connectivity index (χ1) is 16.3. The standard InChI is InChI=1S/C22H26IN9OS/c1-21(2,3)34(33)30-16-13-5-4-8-24-14(13)11-22(16)6-9-31(10-7-22)20-26-18-15(17(23)27-28-18)19-29-25-12-32(19)20/h4-5,8,12,16,30H,6-7,9-11H2,1-3H3,(H,27,28)/t16-,34-/m1/s1. The minimum Gasteiger partial charge on any atom is -0.598 e. The Labute approximate surface area is 213 Å². The molecule has 1 aliphatic heterocycles. The molecular formula is C22H26IN9OS. The topological polar surface area (TPSA) is 123 Å². The monoisotopic (exact) mass is 591 g/mol. The molecule has 1 spiro atoms. The van der Waals surface area contributed by atoms with Crippen molar-refractivity contribution in [1.82, 2.24) is 39.5 Å². The van der Waals surface area contributed by atoms with Gasteiger partial charge < -0.3 is 9.45 Å². The van der Waals surface area contributed by atoms with Gasteiger partial charge in [-0.3, -0.25) is 14.5 Å². The van der Waals surface area contributed by atoms with E-state index in [4.69, 9.17) is 4.98 Å². The molecule has 0 unspecified atom stereocenters. The van der Waals surface area contributed by atoms with E-state index in [2.05, 4.69) is 63.7 Å². The summed E-state index contributed by atoms with van der Waals surface area (Å²) in [6, 6.07) is 4.13. The molecule has 0 bridgehead atoms. The van der Waals surface area contributed by atoms with E-state index in [1.165, 1.54) is 5.56 Å². The first-order valence-electron chi connectivity index (χ1n) is 11.4. The summed E-state index contributed by atoms with van der Waals surface area (Å²) < 4.78 is 19.1. The number of nitrogens with zero attached hydrogens (tertiary/aromatic N) is 7. The van der Waals surface area contributed by atoms with Crippen LogP contribution < -0.4 is 9.62 Å². The molecule has 0 saturated carbocycles. The third-order valence-corrected chi connectivity index (χ3v) is 9.44. The number of hydrogen-bond acceptors (Lipinski definition) is 8. The Morgan fingerprint density at radius 3 is 2.85 bits per heavy atom. The molecule has 2 N–H and O–H groups in total. The van der Waals surface area contributed by atoms with Crippen molar-refractivity contribution in [3.63, 3.8) is 0 Å². The minimum atomic E-state index is -1.17. The summed E-state index contributed by atoms with van der Waals surface area (Å²) in [4.78, 5) is 11.9. The average molecular weight is 591 g/mol. The van der Waals surface area contributed by atoms with Gasteiger partial charge in [0, 0.05) is 41.8 Å². The zero-order chi connectivity index (χ0) is 23.7. The van der Waals surface area contributed by atoms with Crippen molar-refractivity contribution >= 4 is 56.6 Å². The van der Waals surface area contributed by atoms with E-state index in [0.29, 0.717) is 0 Å². The van der Waals surface area contributed by atoms with Gasteiger partial charge in [-0.25, -0.2) is 0 Å².